The van der Waals surface area contributed by atoms with E-state index < -0.39 is 0 Å². The highest BCUT2D eigenvalue weighted by Gasteiger charge is 2.11. The van der Waals surface area contributed by atoms with E-state index in [-0.39, 0.29) is 5.82 Å². The molecule has 0 unspecified atom stereocenters. The van der Waals surface area contributed by atoms with Crippen molar-refractivity contribution < 1.29 is 8.81 Å². The summed E-state index contributed by atoms with van der Waals surface area (Å²) in [5, 5.41) is 3.34. The number of aromatic nitrogens is 1. The van der Waals surface area contributed by atoms with Gasteiger partial charge in [0.2, 0.25) is 0 Å². The maximum Gasteiger partial charge on any atom is 0.194 e. The van der Waals surface area contributed by atoms with Crippen molar-refractivity contribution in [1.82, 2.24) is 10.3 Å². The fourth-order valence-electron chi connectivity index (χ4n) is 1.87. The second-order valence-corrected chi connectivity index (χ2v) is 5.87. The quantitative estimate of drug-likeness (QED) is 0.802. The van der Waals surface area contributed by atoms with Gasteiger partial charge in [-0.15, -0.1) is 0 Å². The molecule has 3 nitrogen and oxygen atoms in total. The van der Waals surface area contributed by atoms with Crippen LogP contribution in [0, 0.1) is 5.82 Å². The van der Waals surface area contributed by atoms with Crippen LogP contribution in [0.25, 0.3) is 11.3 Å². The molecule has 0 aliphatic rings. The molecule has 2 aromatic rings. The van der Waals surface area contributed by atoms with Crippen LogP contribution < -0.4 is 5.32 Å². The van der Waals surface area contributed by atoms with Crippen molar-refractivity contribution in [3.8, 4) is 11.3 Å². The van der Waals surface area contributed by atoms with Crippen molar-refractivity contribution in [2.24, 2.45) is 0 Å². The van der Waals surface area contributed by atoms with Gasteiger partial charge in [-0.05, 0) is 31.2 Å². The highest BCUT2D eigenvalue weighted by molar-refractivity contribution is 9.10. The summed E-state index contributed by atoms with van der Waals surface area (Å²) in [5.41, 5.74) is 0.429. The standard InChI is InChI=1S/C15H18BrFN2O/c1-10(2)18-7-3-4-15-19-9-14(20-15)12-8-11(16)5-6-13(12)17/h5-6,8-10,18H,3-4,7H2,1-2H3. The maximum absolute atomic E-state index is 13.7. The topological polar surface area (TPSA) is 38.1 Å². The lowest BCUT2D eigenvalue weighted by Crippen LogP contribution is -2.23. The maximum atomic E-state index is 13.7. The smallest absolute Gasteiger partial charge is 0.194 e. The number of benzene rings is 1. The van der Waals surface area contributed by atoms with Crippen LogP contribution in [-0.2, 0) is 6.42 Å². The van der Waals surface area contributed by atoms with Gasteiger partial charge in [0, 0.05) is 16.9 Å². The van der Waals surface area contributed by atoms with Gasteiger partial charge < -0.3 is 9.73 Å². The first-order valence-electron chi connectivity index (χ1n) is 6.70. The molecule has 1 aromatic heterocycles. The summed E-state index contributed by atoms with van der Waals surface area (Å²) in [6.07, 6.45) is 3.27. The Balaban J connectivity index is 2.00. The molecule has 108 valence electrons. The summed E-state index contributed by atoms with van der Waals surface area (Å²) in [6.45, 7) is 5.14. The Bertz CT molecular complexity index is 569. The first-order valence-corrected chi connectivity index (χ1v) is 7.49. The zero-order chi connectivity index (χ0) is 14.5. The Kier molecular flexibility index (Phi) is 5.31. The number of hydrogen-bond donors (Lipinski definition) is 1. The van der Waals surface area contributed by atoms with E-state index in [2.05, 4.69) is 40.1 Å². The van der Waals surface area contributed by atoms with Crippen LogP contribution in [0.5, 0.6) is 0 Å². The van der Waals surface area contributed by atoms with Crippen molar-refractivity contribution in [3.05, 3.63) is 40.6 Å². The van der Waals surface area contributed by atoms with Crippen molar-refractivity contribution in [3.63, 3.8) is 0 Å². The van der Waals surface area contributed by atoms with Gasteiger partial charge in [-0.3, -0.25) is 0 Å². The molecule has 0 amide bonds. The molecule has 0 spiro atoms. The van der Waals surface area contributed by atoms with E-state index in [1.165, 1.54) is 6.07 Å². The molecule has 1 heterocycles. The first kappa shape index (κ1) is 15.2. The lowest BCUT2D eigenvalue weighted by Gasteiger charge is -2.06. The minimum absolute atomic E-state index is 0.308. The number of aryl methyl sites for hydroxylation is 1. The number of nitrogens with one attached hydrogen (secondary N) is 1. The fourth-order valence-corrected chi connectivity index (χ4v) is 2.23. The van der Waals surface area contributed by atoms with Gasteiger partial charge in [-0.2, -0.15) is 0 Å². The van der Waals surface area contributed by atoms with Crippen molar-refractivity contribution in [2.45, 2.75) is 32.7 Å². The van der Waals surface area contributed by atoms with Gasteiger partial charge in [0.05, 0.1) is 11.8 Å². The molecule has 0 saturated heterocycles. The number of rotatable bonds is 6. The summed E-state index contributed by atoms with van der Waals surface area (Å²) < 4.78 is 20.2. The average Bonchev–Trinajstić information content (AvgIpc) is 2.86. The Morgan fingerprint density at radius 1 is 1.40 bits per heavy atom. The first-order chi connectivity index (χ1) is 9.56. The number of oxazole rings is 1. The molecule has 20 heavy (non-hydrogen) atoms. The van der Waals surface area contributed by atoms with Gasteiger partial charge in [0.1, 0.15) is 5.82 Å². The Morgan fingerprint density at radius 3 is 2.95 bits per heavy atom. The molecule has 0 radical (unpaired) electrons. The van der Waals surface area contributed by atoms with Crippen LogP contribution in [0.3, 0.4) is 0 Å². The molecule has 0 saturated carbocycles. The highest BCUT2D eigenvalue weighted by atomic mass is 79.9. The zero-order valence-corrected chi connectivity index (χ0v) is 13.2. The van der Waals surface area contributed by atoms with Crippen molar-refractivity contribution in [2.75, 3.05) is 6.54 Å². The Labute approximate surface area is 126 Å². The number of halogens is 2. The minimum Gasteiger partial charge on any atom is -0.441 e. The van der Waals surface area contributed by atoms with E-state index in [0.717, 1.165) is 23.9 Å². The largest absolute Gasteiger partial charge is 0.441 e. The second-order valence-electron chi connectivity index (χ2n) is 4.95. The molecule has 0 bridgehead atoms. The molecule has 0 aliphatic carbocycles. The summed E-state index contributed by atoms with van der Waals surface area (Å²) in [4.78, 5) is 4.20. The third-order valence-electron chi connectivity index (χ3n) is 2.87. The van der Waals surface area contributed by atoms with Gasteiger partial charge in [-0.1, -0.05) is 29.8 Å². The van der Waals surface area contributed by atoms with Gasteiger partial charge in [-0.25, -0.2) is 9.37 Å². The van der Waals surface area contributed by atoms with Crippen LogP contribution in [0.4, 0.5) is 4.39 Å². The molecule has 1 aromatic carbocycles. The highest BCUT2D eigenvalue weighted by Crippen LogP contribution is 2.27. The van der Waals surface area contributed by atoms with Crippen LogP contribution in [0.1, 0.15) is 26.2 Å². The lowest BCUT2D eigenvalue weighted by atomic mass is 10.2. The molecular weight excluding hydrogens is 323 g/mol. The third kappa shape index (κ3) is 4.15. The molecule has 0 aliphatic heterocycles. The molecular formula is C15H18BrFN2O. The van der Waals surface area contributed by atoms with Gasteiger partial charge >= 0.3 is 0 Å². The number of nitrogens with zero attached hydrogens (tertiary/aromatic N) is 1. The Hall–Kier alpha value is -1.20. The van der Waals surface area contributed by atoms with E-state index >= 15 is 0 Å². The van der Waals surface area contributed by atoms with Crippen molar-refractivity contribution >= 4 is 15.9 Å². The predicted octanol–water partition coefficient (Wildman–Crippen LogP) is 4.17. The van der Waals surface area contributed by atoms with E-state index in [0.29, 0.717) is 23.3 Å². The second kappa shape index (κ2) is 6.99. The van der Waals surface area contributed by atoms with Crippen molar-refractivity contribution in [1.29, 1.82) is 0 Å². The van der Waals surface area contributed by atoms with Gasteiger partial charge in [0.15, 0.2) is 11.7 Å². The predicted molar refractivity (Wildman–Crippen MR) is 81.1 cm³/mol. The SMILES string of the molecule is CC(C)NCCCc1ncc(-c2cc(Br)ccc2F)o1. The average molecular weight is 341 g/mol. The number of hydrogen-bond acceptors (Lipinski definition) is 3. The van der Waals surface area contributed by atoms with Crippen LogP contribution in [0.2, 0.25) is 0 Å². The third-order valence-corrected chi connectivity index (χ3v) is 3.36. The van der Waals surface area contributed by atoms with E-state index in [1.807, 2.05) is 0 Å². The molecule has 5 heteroatoms. The Morgan fingerprint density at radius 2 is 2.20 bits per heavy atom. The van der Waals surface area contributed by atoms with E-state index in [1.54, 1.807) is 18.3 Å². The van der Waals surface area contributed by atoms with Crippen LogP contribution in [-0.4, -0.2) is 17.6 Å². The molecule has 0 fully saturated rings. The zero-order valence-electron chi connectivity index (χ0n) is 11.6. The van der Waals surface area contributed by atoms with Crippen LogP contribution in [0.15, 0.2) is 33.3 Å². The fraction of sp³-hybridized carbons (Fsp3) is 0.400. The molecule has 1 N–H and O–H groups in total. The summed E-state index contributed by atoms with van der Waals surface area (Å²) in [7, 11) is 0. The normalized spacial score (nSPS) is 11.2. The summed E-state index contributed by atoms with van der Waals surface area (Å²) in [5.74, 6) is 0.804. The monoisotopic (exact) mass is 340 g/mol. The molecule has 0 atom stereocenters. The van der Waals surface area contributed by atoms with Gasteiger partial charge in [0.25, 0.3) is 0 Å². The summed E-state index contributed by atoms with van der Waals surface area (Å²) >= 11 is 3.33. The molecule has 2 rings (SSSR count). The summed E-state index contributed by atoms with van der Waals surface area (Å²) in [6, 6.07) is 5.24. The van der Waals surface area contributed by atoms with E-state index in [9.17, 15) is 4.39 Å². The van der Waals surface area contributed by atoms with E-state index in [4.69, 9.17) is 4.42 Å². The minimum atomic E-state index is -0.308. The lowest BCUT2D eigenvalue weighted by molar-refractivity contribution is 0.482. The van der Waals surface area contributed by atoms with Crippen LogP contribution >= 0.6 is 15.9 Å².